The Labute approximate surface area is 68.1 Å². The molecule has 3 heteroatoms. The van der Waals surface area contributed by atoms with Gasteiger partial charge in [-0.15, -0.1) is 0 Å². The fraction of sp³-hybridized carbons (Fsp3) is 0.875. The minimum Gasteiger partial charge on any atom is -0.370 e. The Hall–Kier alpha value is -0.730. The Morgan fingerprint density at radius 3 is 2.64 bits per heavy atom. The molecule has 1 aliphatic rings. The van der Waals surface area contributed by atoms with Crippen molar-refractivity contribution in [1.82, 2.24) is 4.90 Å². The molecule has 1 rings (SSSR count). The molecule has 11 heavy (non-hydrogen) atoms. The quantitative estimate of drug-likeness (QED) is 0.405. The van der Waals surface area contributed by atoms with E-state index >= 15 is 0 Å². The van der Waals surface area contributed by atoms with Gasteiger partial charge in [0.2, 0.25) is 0 Å². The lowest BCUT2D eigenvalue weighted by atomic mass is 9.92. The molecule has 1 aliphatic heterocycles. The first kappa shape index (κ1) is 8.37. The molecule has 1 fully saturated rings. The van der Waals surface area contributed by atoms with Gasteiger partial charge in [0.15, 0.2) is 5.96 Å². The van der Waals surface area contributed by atoms with Crippen molar-refractivity contribution < 1.29 is 0 Å². The van der Waals surface area contributed by atoms with Gasteiger partial charge in [0.05, 0.1) is 0 Å². The fourth-order valence-corrected chi connectivity index (χ4v) is 1.68. The Morgan fingerprint density at radius 2 is 2.18 bits per heavy atom. The molecule has 0 spiro atoms. The molecule has 2 atom stereocenters. The van der Waals surface area contributed by atoms with Crippen LogP contribution in [0.5, 0.6) is 0 Å². The number of rotatable bonds is 0. The lowest BCUT2D eigenvalue weighted by Gasteiger charge is -2.38. The maximum Gasteiger partial charge on any atom is 0.188 e. The van der Waals surface area contributed by atoms with Gasteiger partial charge in [-0.2, -0.15) is 0 Å². The van der Waals surface area contributed by atoms with Gasteiger partial charge in [0, 0.05) is 12.6 Å². The van der Waals surface area contributed by atoms with Crippen molar-refractivity contribution in [2.24, 2.45) is 11.7 Å². The molecule has 0 amide bonds. The van der Waals surface area contributed by atoms with E-state index in [2.05, 4.69) is 13.8 Å². The van der Waals surface area contributed by atoms with Gasteiger partial charge < -0.3 is 10.6 Å². The molecule has 0 unspecified atom stereocenters. The van der Waals surface area contributed by atoms with Crippen molar-refractivity contribution in [2.45, 2.75) is 32.7 Å². The molecule has 64 valence electrons. The van der Waals surface area contributed by atoms with Crippen molar-refractivity contribution in [3.63, 3.8) is 0 Å². The summed E-state index contributed by atoms with van der Waals surface area (Å²) in [5, 5.41) is 7.31. The third kappa shape index (κ3) is 1.64. The number of piperidine rings is 1. The highest BCUT2D eigenvalue weighted by Gasteiger charge is 2.24. The fourth-order valence-electron chi connectivity index (χ4n) is 1.68. The van der Waals surface area contributed by atoms with E-state index in [0.717, 1.165) is 6.54 Å². The van der Waals surface area contributed by atoms with Crippen LogP contribution in [-0.2, 0) is 0 Å². The van der Waals surface area contributed by atoms with Crippen molar-refractivity contribution in [2.75, 3.05) is 6.54 Å². The van der Waals surface area contributed by atoms with Crippen LogP contribution in [0, 0.1) is 11.3 Å². The zero-order valence-electron chi connectivity index (χ0n) is 7.30. The molecule has 3 nitrogen and oxygen atoms in total. The van der Waals surface area contributed by atoms with Crippen LogP contribution >= 0.6 is 0 Å². The standard InChI is InChI=1S/C8H17N3/c1-6-4-3-5-11(7(6)2)8(9)10/h6-7H,3-5H2,1-2H3,(H3,9,10)/t6-,7+/m1/s1. The second-order valence-corrected chi connectivity index (χ2v) is 3.44. The van der Waals surface area contributed by atoms with Crippen LogP contribution in [-0.4, -0.2) is 23.4 Å². The second-order valence-electron chi connectivity index (χ2n) is 3.44. The van der Waals surface area contributed by atoms with Crippen LogP contribution < -0.4 is 5.73 Å². The summed E-state index contributed by atoms with van der Waals surface area (Å²) >= 11 is 0. The van der Waals surface area contributed by atoms with Gasteiger partial charge in [0.25, 0.3) is 0 Å². The summed E-state index contributed by atoms with van der Waals surface area (Å²) in [7, 11) is 0. The molecule has 0 radical (unpaired) electrons. The molecule has 0 aromatic heterocycles. The summed E-state index contributed by atoms with van der Waals surface area (Å²) in [5.41, 5.74) is 5.43. The van der Waals surface area contributed by atoms with Gasteiger partial charge in [-0.1, -0.05) is 6.92 Å². The van der Waals surface area contributed by atoms with Crippen LogP contribution in [0.25, 0.3) is 0 Å². The Bertz CT molecular complexity index is 155. The molecule has 1 saturated heterocycles. The summed E-state index contributed by atoms with van der Waals surface area (Å²) < 4.78 is 0. The van der Waals surface area contributed by atoms with E-state index in [4.69, 9.17) is 11.1 Å². The molecular formula is C8H17N3. The molecule has 0 aromatic carbocycles. The van der Waals surface area contributed by atoms with E-state index in [-0.39, 0.29) is 5.96 Å². The van der Waals surface area contributed by atoms with Crippen molar-refractivity contribution in [3.8, 4) is 0 Å². The van der Waals surface area contributed by atoms with Gasteiger partial charge in [-0.05, 0) is 25.7 Å². The van der Waals surface area contributed by atoms with Crippen LogP contribution in [0.2, 0.25) is 0 Å². The molecule has 1 heterocycles. The Kier molecular flexibility index (Phi) is 2.37. The summed E-state index contributed by atoms with van der Waals surface area (Å²) in [6.45, 7) is 5.33. The number of guanidine groups is 1. The Morgan fingerprint density at radius 1 is 1.55 bits per heavy atom. The normalized spacial score (nSPS) is 32.0. The first-order valence-corrected chi connectivity index (χ1v) is 4.23. The van der Waals surface area contributed by atoms with Gasteiger partial charge in [-0.25, -0.2) is 0 Å². The van der Waals surface area contributed by atoms with Crippen LogP contribution in [0.4, 0.5) is 0 Å². The molecule has 0 bridgehead atoms. The smallest absolute Gasteiger partial charge is 0.188 e. The average molecular weight is 155 g/mol. The third-order valence-electron chi connectivity index (χ3n) is 2.68. The molecule has 3 N–H and O–H groups in total. The molecular weight excluding hydrogens is 138 g/mol. The van der Waals surface area contributed by atoms with E-state index in [1.165, 1.54) is 12.8 Å². The topological polar surface area (TPSA) is 53.1 Å². The van der Waals surface area contributed by atoms with Crippen LogP contribution in [0.1, 0.15) is 26.7 Å². The van der Waals surface area contributed by atoms with E-state index < -0.39 is 0 Å². The van der Waals surface area contributed by atoms with Crippen LogP contribution in [0.3, 0.4) is 0 Å². The van der Waals surface area contributed by atoms with E-state index in [1.54, 1.807) is 0 Å². The number of nitrogens with zero attached hydrogens (tertiary/aromatic N) is 1. The maximum atomic E-state index is 7.31. The monoisotopic (exact) mass is 155 g/mol. The molecule has 0 saturated carbocycles. The van der Waals surface area contributed by atoms with E-state index in [9.17, 15) is 0 Å². The number of nitrogens with two attached hydrogens (primary N) is 1. The lowest BCUT2D eigenvalue weighted by molar-refractivity contribution is 0.188. The third-order valence-corrected chi connectivity index (χ3v) is 2.68. The maximum absolute atomic E-state index is 7.31. The SMILES string of the molecule is C[C@@H]1CCCN(C(=N)N)[C@H]1C. The van der Waals surface area contributed by atoms with E-state index in [0.29, 0.717) is 12.0 Å². The number of hydrogen-bond donors (Lipinski definition) is 2. The molecule has 0 aromatic rings. The van der Waals surface area contributed by atoms with E-state index in [1.807, 2.05) is 4.90 Å². The predicted molar refractivity (Wildman–Crippen MR) is 46.5 cm³/mol. The van der Waals surface area contributed by atoms with Crippen LogP contribution in [0.15, 0.2) is 0 Å². The number of nitrogens with one attached hydrogen (secondary N) is 1. The van der Waals surface area contributed by atoms with Gasteiger partial charge >= 0.3 is 0 Å². The summed E-state index contributed by atoms with van der Waals surface area (Å²) in [5.74, 6) is 0.900. The lowest BCUT2D eigenvalue weighted by Crippen LogP contribution is -2.48. The largest absolute Gasteiger partial charge is 0.370 e. The van der Waals surface area contributed by atoms with Crippen molar-refractivity contribution >= 4 is 5.96 Å². The van der Waals surface area contributed by atoms with Crippen molar-refractivity contribution in [3.05, 3.63) is 0 Å². The first-order valence-electron chi connectivity index (χ1n) is 4.23. The first-order chi connectivity index (χ1) is 5.13. The molecule has 0 aliphatic carbocycles. The highest BCUT2D eigenvalue weighted by Crippen LogP contribution is 2.21. The number of likely N-dealkylation sites (tertiary alicyclic amines) is 1. The summed E-state index contributed by atoms with van der Waals surface area (Å²) in [4.78, 5) is 1.98. The van der Waals surface area contributed by atoms with Gasteiger partial charge in [-0.3, -0.25) is 5.41 Å². The zero-order chi connectivity index (χ0) is 8.43. The average Bonchev–Trinajstić information content (AvgIpc) is 1.94. The number of hydrogen-bond acceptors (Lipinski definition) is 1. The highest BCUT2D eigenvalue weighted by atomic mass is 15.3. The summed E-state index contributed by atoms with van der Waals surface area (Å²) in [6.07, 6.45) is 2.44. The Balaban J connectivity index is 2.58. The zero-order valence-corrected chi connectivity index (χ0v) is 7.30. The summed E-state index contributed by atoms with van der Waals surface area (Å²) in [6, 6.07) is 0.446. The van der Waals surface area contributed by atoms with Gasteiger partial charge in [0.1, 0.15) is 0 Å². The minimum atomic E-state index is 0.226. The second kappa shape index (κ2) is 3.11. The minimum absolute atomic E-state index is 0.226. The van der Waals surface area contributed by atoms with Crippen molar-refractivity contribution in [1.29, 1.82) is 5.41 Å². The highest BCUT2D eigenvalue weighted by molar-refractivity contribution is 5.75. The predicted octanol–water partition coefficient (Wildman–Crippen LogP) is 1.00.